The summed E-state index contributed by atoms with van der Waals surface area (Å²) in [6.45, 7) is 1.98. The highest BCUT2D eigenvalue weighted by Crippen LogP contribution is 2.24. The molecule has 0 fully saturated rings. The van der Waals surface area contributed by atoms with Crippen molar-refractivity contribution in [2.75, 3.05) is 11.9 Å². The first-order valence-electron chi connectivity index (χ1n) is 8.69. The smallest absolute Gasteiger partial charge is 0.414 e. The maximum Gasteiger partial charge on any atom is 0.414 e. The fraction of sp³-hybridized carbons (Fsp3) is 0.0952. The molecular formula is C21H16ClN3O3. The summed E-state index contributed by atoms with van der Waals surface area (Å²) in [5.41, 5.74) is 1.96. The van der Waals surface area contributed by atoms with Crippen molar-refractivity contribution in [1.82, 2.24) is 9.97 Å². The summed E-state index contributed by atoms with van der Waals surface area (Å²) in [6, 6.07) is 16.1. The highest BCUT2D eigenvalue weighted by Gasteiger charge is 2.12. The molecule has 0 spiro atoms. The summed E-state index contributed by atoms with van der Waals surface area (Å²) in [6.07, 6.45) is -0.606. The molecule has 2 N–H and O–H groups in total. The molecule has 0 saturated carbocycles. The van der Waals surface area contributed by atoms with Gasteiger partial charge in [-0.05, 0) is 54.8 Å². The van der Waals surface area contributed by atoms with Crippen LogP contribution in [0.2, 0.25) is 5.02 Å². The van der Waals surface area contributed by atoms with Crippen LogP contribution in [0.4, 0.5) is 10.7 Å². The van der Waals surface area contributed by atoms with Gasteiger partial charge in [-0.2, -0.15) is 0 Å². The summed E-state index contributed by atoms with van der Waals surface area (Å²) < 4.78 is 4.88. The first kappa shape index (κ1) is 18.0. The van der Waals surface area contributed by atoms with Gasteiger partial charge in [-0.15, -0.1) is 0 Å². The zero-order valence-electron chi connectivity index (χ0n) is 14.9. The van der Waals surface area contributed by atoms with E-state index in [0.29, 0.717) is 26.8 Å². The number of rotatable bonds is 3. The lowest BCUT2D eigenvalue weighted by Crippen LogP contribution is -2.16. The van der Waals surface area contributed by atoms with E-state index in [-0.39, 0.29) is 18.3 Å². The Labute approximate surface area is 165 Å². The molecule has 1 aromatic heterocycles. The molecule has 0 atom stereocenters. The number of hydrogen-bond acceptors (Lipinski definition) is 5. The largest absolute Gasteiger partial charge is 0.507 e. The van der Waals surface area contributed by atoms with Crippen LogP contribution in [0.3, 0.4) is 0 Å². The van der Waals surface area contributed by atoms with Gasteiger partial charge in [0.05, 0.1) is 17.6 Å². The molecule has 0 aliphatic carbocycles. The Bertz CT molecular complexity index is 1220. The fourth-order valence-corrected chi connectivity index (χ4v) is 3.22. The summed E-state index contributed by atoms with van der Waals surface area (Å²) in [4.78, 5) is 20.5. The quantitative estimate of drug-likeness (QED) is 0.537. The van der Waals surface area contributed by atoms with Gasteiger partial charge >= 0.3 is 6.09 Å². The molecule has 0 bridgehead atoms. The summed E-state index contributed by atoms with van der Waals surface area (Å²) in [7, 11) is 0. The number of amides is 1. The number of aromatic nitrogens is 2. The molecule has 0 radical (unpaired) electrons. The van der Waals surface area contributed by atoms with Crippen LogP contribution >= 0.6 is 11.6 Å². The number of carbonyl (C=O) groups excluding carboxylic acids is 1. The third-order valence-electron chi connectivity index (χ3n) is 4.31. The second kappa shape index (κ2) is 7.32. The minimum atomic E-state index is -0.606. The Morgan fingerprint density at radius 1 is 1.07 bits per heavy atom. The number of hydrogen-bond donors (Lipinski definition) is 2. The zero-order valence-corrected chi connectivity index (χ0v) is 15.7. The lowest BCUT2D eigenvalue weighted by molar-refractivity contribution is 0.167. The van der Waals surface area contributed by atoms with Crippen LogP contribution in [0.1, 0.15) is 12.5 Å². The van der Waals surface area contributed by atoms with E-state index in [1.165, 1.54) is 0 Å². The van der Waals surface area contributed by atoms with E-state index in [4.69, 9.17) is 16.3 Å². The second-order valence-corrected chi connectivity index (χ2v) is 6.52. The van der Waals surface area contributed by atoms with E-state index in [2.05, 4.69) is 15.3 Å². The van der Waals surface area contributed by atoms with E-state index < -0.39 is 6.09 Å². The van der Waals surface area contributed by atoms with Gasteiger partial charge in [0.25, 0.3) is 0 Å². The zero-order chi connectivity index (χ0) is 19.7. The molecule has 4 aromatic rings. The standard InChI is InChI=1S/C21H16ClN3O3/c1-2-28-21(27)25-20-23-16-5-3-4-14-15(10-11-17(24-20)18(14)16)19(26)12-6-8-13(22)9-7-12/h3-11,26H,2H2,1H3,(H,23,24,25,27)/b19-15-. The molecule has 1 amide bonds. The van der Waals surface area contributed by atoms with Crippen LogP contribution in [0.25, 0.3) is 27.6 Å². The predicted molar refractivity (Wildman–Crippen MR) is 109 cm³/mol. The third kappa shape index (κ3) is 3.30. The first-order chi connectivity index (χ1) is 13.6. The minimum Gasteiger partial charge on any atom is -0.507 e. The van der Waals surface area contributed by atoms with Crippen molar-refractivity contribution < 1.29 is 14.6 Å². The molecule has 28 heavy (non-hydrogen) atoms. The monoisotopic (exact) mass is 393 g/mol. The fourth-order valence-electron chi connectivity index (χ4n) is 3.09. The van der Waals surface area contributed by atoms with Gasteiger partial charge in [-0.3, -0.25) is 5.32 Å². The highest BCUT2D eigenvalue weighted by molar-refractivity contribution is 6.30. The third-order valence-corrected chi connectivity index (χ3v) is 4.56. The van der Waals surface area contributed by atoms with Crippen molar-refractivity contribution in [3.63, 3.8) is 0 Å². The number of ether oxygens (including phenoxy) is 1. The number of nitrogens with one attached hydrogen (secondary N) is 1. The van der Waals surface area contributed by atoms with Crippen LogP contribution < -0.4 is 10.5 Å². The number of aliphatic hydroxyl groups is 1. The van der Waals surface area contributed by atoms with Crippen molar-refractivity contribution >= 4 is 51.2 Å². The van der Waals surface area contributed by atoms with Crippen molar-refractivity contribution in [2.45, 2.75) is 6.92 Å². The van der Waals surface area contributed by atoms with Gasteiger partial charge in [0.2, 0.25) is 5.95 Å². The Balaban J connectivity index is 1.91. The Morgan fingerprint density at radius 3 is 2.50 bits per heavy atom. The molecule has 140 valence electrons. The summed E-state index contributed by atoms with van der Waals surface area (Å²) in [5, 5.41) is 16.2. The van der Waals surface area contributed by atoms with Crippen LogP contribution in [-0.2, 0) is 4.74 Å². The number of anilines is 1. The molecule has 7 heteroatoms. The molecule has 0 unspecified atom stereocenters. The van der Waals surface area contributed by atoms with Gasteiger partial charge in [-0.1, -0.05) is 23.7 Å². The second-order valence-electron chi connectivity index (χ2n) is 6.08. The number of halogens is 1. The molecular weight excluding hydrogens is 378 g/mol. The van der Waals surface area contributed by atoms with E-state index >= 15 is 0 Å². The maximum absolute atomic E-state index is 11.7. The van der Waals surface area contributed by atoms with Gasteiger partial charge in [0, 0.05) is 21.2 Å². The van der Waals surface area contributed by atoms with Crippen LogP contribution in [0.15, 0.2) is 54.6 Å². The van der Waals surface area contributed by atoms with E-state index in [0.717, 1.165) is 10.8 Å². The number of benzene rings is 3. The first-order valence-corrected chi connectivity index (χ1v) is 9.07. The van der Waals surface area contributed by atoms with Crippen molar-refractivity contribution in [2.24, 2.45) is 0 Å². The van der Waals surface area contributed by atoms with Crippen LogP contribution in [-0.4, -0.2) is 27.8 Å². The molecule has 0 aliphatic heterocycles. The SMILES string of the molecule is CCOC(=O)Nc1nc2cccc3/c(=C(\O)c4ccc(Cl)cc4)ccc(n1)c23. The number of carbonyl (C=O) groups is 1. The lowest BCUT2D eigenvalue weighted by atomic mass is 10.0. The van der Waals surface area contributed by atoms with Gasteiger partial charge in [0.15, 0.2) is 0 Å². The highest BCUT2D eigenvalue weighted by atomic mass is 35.5. The molecule has 0 saturated heterocycles. The predicted octanol–water partition coefficient (Wildman–Crippen LogP) is 4.44. The van der Waals surface area contributed by atoms with Crippen molar-refractivity contribution in [1.29, 1.82) is 0 Å². The normalized spacial score (nSPS) is 12.2. The van der Waals surface area contributed by atoms with Gasteiger partial charge in [-0.25, -0.2) is 14.8 Å². The van der Waals surface area contributed by atoms with Crippen molar-refractivity contribution in [3.8, 4) is 0 Å². The van der Waals surface area contributed by atoms with E-state index in [1.807, 2.05) is 18.2 Å². The molecule has 0 aliphatic rings. The topological polar surface area (TPSA) is 84.3 Å². The van der Waals surface area contributed by atoms with Crippen molar-refractivity contribution in [3.05, 3.63) is 70.4 Å². The maximum atomic E-state index is 11.7. The number of aliphatic hydroxyl groups excluding tert-OH is 1. The molecule has 4 rings (SSSR count). The Morgan fingerprint density at radius 2 is 1.79 bits per heavy atom. The molecule has 3 aromatic carbocycles. The summed E-state index contributed by atoms with van der Waals surface area (Å²) >= 11 is 5.94. The Kier molecular flexibility index (Phi) is 4.71. The van der Waals surface area contributed by atoms with Gasteiger partial charge in [0.1, 0.15) is 5.76 Å². The van der Waals surface area contributed by atoms with E-state index in [1.54, 1.807) is 43.3 Å². The van der Waals surface area contributed by atoms with Gasteiger partial charge < -0.3 is 9.84 Å². The average Bonchev–Trinajstić information content (AvgIpc) is 2.68. The molecule has 1 heterocycles. The lowest BCUT2D eigenvalue weighted by Gasteiger charge is -2.10. The number of nitrogens with zero attached hydrogens (tertiary/aromatic N) is 2. The van der Waals surface area contributed by atoms with Crippen LogP contribution in [0, 0.1) is 0 Å². The summed E-state index contributed by atoms with van der Waals surface area (Å²) in [5.74, 6) is 0.303. The minimum absolute atomic E-state index is 0.139. The molecule has 6 nitrogen and oxygen atoms in total. The average molecular weight is 394 g/mol. The van der Waals surface area contributed by atoms with E-state index in [9.17, 15) is 9.90 Å². The Hall–Kier alpha value is -3.38. The van der Waals surface area contributed by atoms with Crippen LogP contribution in [0.5, 0.6) is 0 Å².